The van der Waals surface area contributed by atoms with Crippen LogP contribution in [0.4, 0.5) is 0 Å². The Balaban J connectivity index is 4.20. The van der Waals surface area contributed by atoms with E-state index in [4.69, 9.17) is 14.2 Å². The van der Waals surface area contributed by atoms with Crippen molar-refractivity contribution in [3.63, 3.8) is 0 Å². The quantitative estimate of drug-likeness (QED) is 0.0265. The monoisotopic (exact) mass is 764 g/mol. The fraction of sp³-hybridized carbons (Fsp3) is 0.848. The van der Waals surface area contributed by atoms with Crippen LogP contribution in [-0.4, -0.2) is 75.5 Å². The Labute approximate surface area is 332 Å². The topological polar surface area (TPSA) is 102 Å². The highest BCUT2D eigenvalue weighted by Gasteiger charge is 2.25. The van der Waals surface area contributed by atoms with E-state index in [0.717, 1.165) is 51.4 Å². The molecule has 0 N–H and O–H groups in total. The number of aliphatic carboxylic acids is 1. The smallest absolute Gasteiger partial charge is 0.306 e. The fourth-order valence-corrected chi connectivity index (χ4v) is 6.64. The van der Waals surface area contributed by atoms with E-state index < -0.39 is 18.1 Å². The van der Waals surface area contributed by atoms with Gasteiger partial charge in [-0.3, -0.25) is 9.59 Å². The van der Waals surface area contributed by atoms with Crippen LogP contribution in [0.5, 0.6) is 0 Å². The molecule has 0 heterocycles. The van der Waals surface area contributed by atoms with Gasteiger partial charge in [0.05, 0.1) is 40.3 Å². The summed E-state index contributed by atoms with van der Waals surface area (Å²) in [6.45, 7) is 4.52. The molecule has 0 aliphatic rings. The number of unbranched alkanes of at least 4 members (excludes halogenated alkanes) is 22. The van der Waals surface area contributed by atoms with Gasteiger partial charge in [0.25, 0.3) is 0 Å². The van der Waals surface area contributed by atoms with E-state index in [0.29, 0.717) is 12.8 Å². The molecular weight excluding hydrogens is 679 g/mol. The molecule has 0 bridgehead atoms. The second-order valence-electron chi connectivity index (χ2n) is 16.3. The Bertz CT molecular complexity index is 942. The van der Waals surface area contributed by atoms with Crippen molar-refractivity contribution in [2.45, 2.75) is 212 Å². The molecule has 54 heavy (non-hydrogen) atoms. The number of hydrogen-bond donors (Lipinski definition) is 0. The second kappa shape index (κ2) is 37.7. The maximum Gasteiger partial charge on any atom is 0.306 e. The maximum atomic E-state index is 12.7. The molecule has 0 spiro atoms. The first kappa shape index (κ1) is 51.8. The van der Waals surface area contributed by atoms with Gasteiger partial charge >= 0.3 is 11.9 Å². The van der Waals surface area contributed by atoms with Crippen molar-refractivity contribution in [1.29, 1.82) is 0 Å². The molecule has 0 aromatic heterocycles. The summed E-state index contributed by atoms with van der Waals surface area (Å²) in [7, 11) is 5.40. The van der Waals surface area contributed by atoms with Crippen LogP contribution < -0.4 is 5.11 Å². The minimum atomic E-state index is -1.13. The van der Waals surface area contributed by atoms with Gasteiger partial charge in [0.15, 0.2) is 6.10 Å². The van der Waals surface area contributed by atoms with Crippen molar-refractivity contribution >= 4 is 17.9 Å². The van der Waals surface area contributed by atoms with E-state index in [2.05, 4.69) is 38.2 Å². The molecule has 0 amide bonds. The molecule has 8 nitrogen and oxygen atoms in total. The summed E-state index contributed by atoms with van der Waals surface area (Å²) in [6, 6.07) is -0.726. The standard InChI is InChI=1S/C46H85NO7/c1-6-8-10-12-14-16-17-18-19-20-21-22-23-24-25-26-27-29-31-33-35-37-45(49)54-42(40-52-39-38-43(46(50)51)47(3,4)5)41-53-44(48)36-34-32-30-28-15-13-11-9-7-2/h9,11,15,28,42-43H,6-8,10,12-14,16-27,29-41H2,1-5H3/b11-9+,28-15+. The van der Waals surface area contributed by atoms with Crippen LogP contribution in [0.25, 0.3) is 0 Å². The lowest BCUT2D eigenvalue weighted by Crippen LogP contribution is -2.55. The van der Waals surface area contributed by atoms with Crippen LogP contribution in [0, 0.1) is 0 Å². The number of allylic oxidation sites excluding steroid dienone is 4. The Morgan fingerprint density at radius 1 is 0.574 bits per heavy atom. The number of carboxylic acid groups (broad SMARTS) is 1. The molecule has 0 saturated heterocycles. The predicted octanol–water partition coefficient (Wildman–Crippen LogP) is 10.7. The zero-order valence-corrected chi connectivity index (χ0v) is 35.9. The van der Waals surface area contributed by atoms with Crippen molar-refractivity contribution in [3.05, 3.63) is 24.3 Å². The number of ether oxygens (including phenoxy) is 3. The highest BCUT2D eigenvalue weighted by Crippen LogP contribution is 2.16. The third kappa shape index (κ3) is 35.5. The Morgan fingerprint density at radius 3 is 1.52 bits per heavy atom. The van der Waals surface area contributed by atoms with Crippen molar-refractivity contribution < 1.29 is 38.2 Å². The molecule has 2 atom stereocenters. The summed E-state index contributed by atoms with van der Waals surface area (Å²) in [5.41, 5.74) is 0. The van der Waals surface area contributed by atoms with Gasteiger partial charge < -0.3 is 28.6 Å². The number of esters is 2. The third-order valence-corrected chi connectivity index (χ3v) is 10.1. The van der Waals surface area contributed by atoms with E-state index in [1.54, 1.807) is 21.1 Å². The molecular formula is C46H85NO7. The molecule has 0 saturated carbocycles. The molecule has 0 fully saturated rings. The minimum Gasteiger partial charge on any atom is -0.544 e. The van der Waals surface area contributed by atoms with Crippen LogP contribution in [-0.2, 0) is 28.6 Å². The molecule has 316 valence electrons. The average molecular weight is 764 g/mol. The highest BCUT2D eigenvalue weighted by atomic mass is 16.6. The number of hydrogen-bond acceptors (Lipinski definition) is 7. The van der Waals surface area contributed by atoms with E-state index in [1.165, 1.54) is 116 Å². The minimum absolute atomic E-state index is 0.0342. The molecule has 0 aliphatic heterocycles. The zero-order chi connectivity index (χ0) is 40.0. The van der Waals surface area contributed by atoms with Crippen LogP contribution in [0.2, 0.25) is 0 Å². The van der Waals surface area contributed by atoms with Crippen molar-refractivity contribution in [1.82, 2.24) is 0 Å². The van der Waals surface area contributed by atoms with Crippen molar-refractivity contribution in [3.8, 4) is 0 Å². The summed E-state index contributed by atoms with van der Waals surface area (Å²) in [5.74, 6) is -1.77. The van der Waals surface area contributed by atoms with Crippen molar-refractivity contribution in [2.75, 3.05) is 41.0 Å². The van der Waals surface area contributed by atoms with Gasteiger partial charge in [-0.15, -0.1) is 0 Å². The van der Waals surface area contributed by atoms with E-state index in [9.17, 15) is 19.5 Å². The van der Waals surface area contributed by atoms with E-state index in [1.807, 2.05) is 0 Å². The molecule has 0 aromatic rings. The van der Waals surface area contributed by atoms with Gasteiger partial charge in [-0.1, -0.05) is 167 Å². The number of rotatable bonds is 40. The predicted molar refractivity (Wildman–Crippen MR) is 222 cm³/mol. The number of carbonyl (C=O) groups is 3. The largest absolute Gasteiger partial charge is 0.544 e. The summed E-state index contributed by atoms with van der Waals surface area (Å²) in [6.07, 6.45) is 40.9. The summed E-state index contributed by atoms with van der Waals surface area (Å²) < 4.78 is 17.1. The van der Waals surface area contributed by atoms with Gasteiger partial charge in [-0.05, 0) is 38.5 Å². The van der Waals surface area contributed by atoms with Crippen LogP contribution in [0.1, 0.15) is 200 Å². The van der Waals surface area contributed by atoms with E-state index >= 15 is 0 Å². The molecule has 0 rings (SSSR count). The van der Waals surface area contributed by atoms with Crippen molar-refractivity contribution in [2.24, 2.45) is 0 Å². The second-order valence-corrected chi connectivity index (χ2v) is 16.3. The van der Waals surface area contributed by atoms with Gasteiger partial charge in [-0.2, -0.15) is 0 Å². The summed E-state index contributed by atoms with van der Waals surface area (Å²) >= 11 is 0. The molecule has 0 aromatic carbocycles. The molecule has 0 aliphatic carbocycles. The van der Waals surface area contributed by atoms with Gasteiger partial charge in [0.1, 0.15) is 12.6 Å². The maximum absolute atomic E-state index is 12.7. The molecule has 8 heteroatoms. The van der Waals surface area contributed by atoms with Crippen LogP contribution in [0.3, 0.4) is 0 Å². The summed E-state index contributed by atoms with van der Waals surface area (Å²) in [4.78, 5) is 36.7. The lowest BCUT2D eigenvalue weighted by molar-refractivity contribution is -0.889. The Hall–Kier alpha value is -2.19. The zero-order valence-electron chi connectivity index (χ0n) is 35.9. The Morgan fingerprint density at radius 2 is 1.04 bits per heavy atom. The highest BCUT2D eigenvalue weighted by molar-refractivity contribution is 5.70. The first-order valence-electron chi connectivity index (χ1n) is 22.4. The van der Waals surface area contributed by atoms with Crippen LogP contribution >= 0.6 is 0 Å². The SMILES string of the molecule is CC/C=C/C/C=C/CCCCC(=O)OCC(COCCC(C(=O)[O-])[N+](C)(C)C)OC(=O)CCCCCCCCCCCCCCCCCCCCCCC. The summed E-state index contributed by atoms with van der Waals surface area (Å²) in [5, 5.41) is 11.6. The lowest BCUT2D eigenvalue weighted by Gasteiger charge is -2.34. The number of quaternary nitrogens is 1. The molecule has 0 radical (unpaired) electrons. The molecule has 2 unspecified atom stereocenters. The number of carboxylic acids is 1. The third-order valence-electron chi connectivity index (χ3n) is 10.1. The lowest BCUT2D eigenvalue weighted by atomic mass is 10.0. The van der Waals surface area contributed by atoms with Gasteiger partial charge in [0, 0.05) is 19.3 Å². The number of likely N-dealkylation sites (N-methyl/N-ethyl adjacent to an activating group) is 1. The fourth-order valence-electron chi connectivity index (χ4n) is 6.64. The van der Waals surface area contributed by atoms with Gasteiger partial charge in [0.2, 0.25) is 0 Å². The van der Waals surface area contributed by atoms with E-state index in [-0.39, 0.29) is 42.7 Å². The Kier molecular flexibility index (Phi) is 36.2. The van der Waals surface area contributed by atoms with Gasteiger partial charge in [-0.25, -0.2) is 0 Å². The first-order valence-corrected chi connectivity index (χ1v) is 22.4. The van der Waals surface area contributed by atoms with Crippen LogP contribution in [0.15, 0.2) is 24.3 Å². The average Bonchev–Trinajstić information content (AvgIpc) is 3.12. The number of nitrogens with zero attached hydrogens (tertiary/aromatic N) is 1. The first-order chi connectivity index (χ1) is 26.1. The number of carbonyl (C=O) groups excluding carboxylic acids is 3. The normalized spacial score (nSPS) is 13.1.